The average Bonchev–Trinajstić information content (AvgIpc) is 2.34. The van der Waals surface area contributed by atoms with Crippen molar-refractivity contribution in [1.82, 2.24) is 10.2 Å². The van der Waals surface area contributed by atoms with E-state index in [1.807, 2.05) is 13.8 Å². The fraction of sp³-hybridized carbons (Fsp3) is 0.909. The maximum Gasteiger partial charge on any atom is 0.400 e. The van der Waals surface area contributed by atoms with Gasteiger partial charge in [0, 0.05) is 19.1 Å². The molecule has 0 aliphatic heterocycles. The summed E-state index contributed by atoms with van der Waals surface area (Å²) in [4.78, 5) is 2.10. The highest BCUT2D eigenvalue weighted by atomic mass is 19.4. The average molecular weight is 284 g/mol. The summed E-state index contributed by atoms with van der Waals surface area (Å²) in [5.74, 6) is -2.80. The Morgan fingerprint density at radius 2 is 1.89 bits per heavy atom. The summed E-state index contributed by atoms with van der Waals surface area (Å²) in [6, 6.07) is -0.115. The Morgan fingerprint density at radius 3 is 2.26 bits per heavy atom. The standard InChI is InChI=1S/C11H23F3N4O/c1-4-18(5-2)7-8(3)16-6-9(10(15)17-19)11(12,13)14/h8-9,16,19H,4-7H2,1-3H3,(H2,15,17). The maximum atomic E-state index is 12.7. The third kappa shape index (κ3) is 6.63. The van der Waals surface area contributed by atoms with Crippen LogP contribution in [0.15, 0.2) is 5.16 Å². The zero-order valence-electron chi connectivity index (χ0n) is 11.5. The lowest BCUT2D eigenvalue weighted by Gasteiger charge is -2.26. The van der Waals surface area contributed by atoms with E-state index < -0.39 is 24.5 Å². The summed E-state index contributed by atoms with van der Waals surface area (Å²) >= 11 is 0. The van der Waals surface area contributed by atoms with E-state index >= 15 is 0 Å². The van der Waals surface area contributed by atoms with Crippen LogP contribution in [0.4, 0.5) is 13.2 Å². The minimum Gasteiger partial charge on any atom is -0.409 e. The van der Waals surface area contributed by atoms with Crippen molar-refractivity contribution in [2.24, 2.45) is 16.8 Å². The number of rotatable bonds is 8. The van der Waals surface area contributed by atoms with Crippen LogP contribution >= 0.6 is 0 Å². The fourth-order valence-electron chi connectivity index (χ4n) is 1.71. The number of oxime groups is 1. The van der Waals surface area contributed by atoms with Gasteiger partial charge in [-0.2, -0.15) is 13.2 Å². The van der Waals surface area contributed by atoms with Crippen LogP contribution in [0, 0.1) is 5.92 Å². The normalized spacial score (nSPS) is 16.7. The summed E-state index contributed by atoms with van der Waals surface area (Å²) in [5, 5.41) is 13.6. The lowest BCUT2D eigenvalue weighted by molar-refractivity contribution is -0.155. The van der Waals surface area contributed by atoms with Gasteiger partial charge in [0.05, 0.1) is 0 Å². The molecule has 0 rings (SSSR count). The third-order valence-electron chi connectivity index (χ3n) is 2.96. The second-order valence-electron chi connectivity index (χ2n) is 4.41. The molecule has 0 aromatic rings. The molecule has 0 radical (unpaired) electrons. The summed E-state index contributed by atoms with van der Waals surface area (Å²) in [6.45, 7) is 7.71. The van der Waals surface area contributed by atoms with Crippen LogP contribution in [0.1, 0.15) is 20.8 Å². The first-order chi connectivity index (χ1) is 8.76. The number of alkyl halides is 3. The Kier molecular flexibility index (Phi) is 7.77. The van der Waals surface area contributed by atoms with E-state index in [0.717, 1.165) is 13.1 Å². The number of nitrogens with zero attached hydrogens (tertiary/aromatic N) is 2. The molecule has 0 saturated heterocycles. The molecule has 0 fully saturated rings. The minimum absolute atomic E-state index is 0.115. The Labute approximate surface area is 111 Å². The van der Waals surface area contributed by atoms with Crippen LogP contribution < -0.4 is 11.1 Å². The van der Waals surface area contributed by atoms with Gasteiger partial charge in [0.1, 0.15) is 5.92 Å². The van der Waals surface area contributed by atoms with E-state index in [-0.39, 0.29) is 6.04 Å². The molecule has 114 valence electrons. The molecule has 4 N–H and O–H groups in total. The molecule has 0 heterocycles. The Bertz CT molecular complexity index is 280. The fourth-order valence-corrected chi connectivity index (χ4v) is 1.71. The molecule has 2 unspecified atom stereocenters. The number of hydrogen-bond donors (Lipinski definition) is 3. The van der Waals surface area contributed by atoms with Crippen molar-refractivity contribution in [2.45, 2.75) is 33.0 Å². The van der Waals surface area contributed by atoms with Crippen LogP contribution in [0.2, 0.25) is 0 Å². The van der Waals surface area contributed by atoms with Crippen LogP contribution in [-0.2, 0) is 0 Å². The lowest BCUT2D eigenvalue weighted by Crippen LogP contribution is -2.47. The zero-order valence-corrected chi connectivity index (χ0v) is 11.5. The summed E-state index contributed by atoms with van der Waals surface area (Å²) in [5.41, 5.74) is 5.07. The highest BCUT2D eigenvalue weighted by molar-refractivity contribution is 5.83. The van der Waals surface area contributed by atoms with Crippen molar-refractivity contribution in [3.05, 3.63) is 0 Å². The van der Waals surface area contributed by atoms with Crippen molar-refractivity contribution in [1.29, 1.82) is 0 Å². The van der Waals surface area contributed by atoms with E-state index in [9.17, 15) is 13.2 Å². The minimum atomic E-state index is -4.53. The molecule has 0 aromatic carbocycles. The number of hydrogen-bond acceptors (Lipinski definition) is 4. The predicted molar refractivity (Wildman–Crippen MR) is 68.2 cm³/mol. The smallest absolute Gasteiger partial charge is 0.400 e. The van der Waals surface area contributed by atoms with Gasteiger partial charge in [-0.05, 0) is 20.0 Å². The molecule has 0 aliphatic rings. The van der Waals surface area contributed by atoms with Crippen LogP contribution in [0.3, 0.4) is 0 Å². The van der Waals surface area contributed by atoms with Gasteiger partial charge in [-0.3, -0.25) is 0 Å². The van der Waals surface area contributed by atoms with Crippen LogP contribution in [0.5, 0.6) is 0 Å². The number of nitrogens with one attached hydrogen (secondary N) is 1. The van der Waals surface area contributed by atoms with Gasteiger partial charge in [0.25, 0.3) is 0 Å². The van der Waals surface area contributed by atoms with E-state index in [1.54, 1.807) is 6.92 Å². The summed E-state index contributed by atoms with van der Waals surface area (Å²) in [6.07, 6.45) is -4.53. The topological polar surface area (TPSA) is 73.9 Å². The van der Waals surface area contributed by atoms with Gasteiger partial charge in [0.2, 0.25) is 0 Å². The quantitative estimate of drug-likeness (QED) is 0.271. The first-order valence-electron chi connectivity index (χ1n) is 6.26. The second kappa shape index (κ2) is 8.21. The monoisotopic (exact) mass is 284 g/mol. The molecular weight excluding hydrogens is 261 g/mol. The summed E-state index contributed by atoms with van der Waals surface area (Å²) in [7, 11) is 0. The molecule has 0 spiro atoms. The Balaban J connectivity index is 4.41. The maximum absolute atomic E-state index is 12.7. The van der Waals surface area contributed by atoms with Gasteiger partial charge in [0.15, 0.2) is 5.84 Å². The molecule has 0 aromatic heterocycles. The Hall–Kier alpha value is -1.02. The van der Waals surface area contributed by atoms with E-state index in [1.165, 1.54) is 0 Å². The lowest BCUT2D eigenvalue weighted by atomic mass is 10.1. The molecular formula is C11H23F3N4O. The number of likely N-dealkylation sites (N-methyl/N-ethyl adjacent to an activating group) is 1. The van der Waals surface area contributed by atoms with Crippen molar-refractivity contribution in [3.63, 3.8) is 0 Å². The molecule has 2 atom stereocenters. The van der Waals surface area contributed by atoms with E-state index in [4.69, 9.17) is 10.9 Å². The van der Waals surface area contributed by atoms with Crippen molar-refractivity contribution in [3.8, 4) is 0 Å². The molecule has 8 heteroatoms. The predicted octanol–water partition coefficient (Wildman–Crippen LogP) is 1.23. The first-order valence-corrected chi connectivity index (χ1v) is 6.26. The van der Waals surface area contributed by atoms with E-state index in [2.05, 4.69) is 15.4 Å². The van der Waals surface area contributed by atoms with Crippen molar-refractivity contribution < 1.29 is 18.4 Å². The third-order valence-corrected chi connectivity index (χ3v) is 2.96. The van der Waals surface area contributed by atoms with Gasteiger partial charge >= 0.3 is 6.18 Å². The molecule has 0 bridgehead atoms. The SMILES string of the molecule is CCN(CC)CC(C)NCC(C(N)=NO)C(F)(F)F. The highest BCUT2D eigenvalue weighted by Crippen LogP contribution is 2.25. The molecule has 0 aliphatic carbocycles. The van der Waals surface area contributed by atoms with E-state index in [0.29, 0.717) is 6.54 Å². The number of amidine groups is 1. The van der Waals surface area contributed by atoms with Crippen molar-refractivity contribution >= 4 is 5.84 Å². The van der Waals surface area contributed by atoms with Crippen LogP contribution in [0.25, 0.3) is 0 Å². The Morgan fingerprint density at radius 1 is 1.37 bits per heavy atom. The number of halogens is 3. The van der Waals surface area contributed by atoms with Gasteiger partial charge < -0.3 is 21.2 Å². The second-order valence-corrected chi connectivity index (χ2v) is 4.41. The van der Waals surface area contributed by atoms with Gasteiger partial charge in [-0.25, -0.2) is 0 Å². The number of nitrogens with two attached hydrogens (primary N) is 1. The largest absolute Gasteiger partial charge is 0.409 e. The molecule has 0 saturated carbocycles. The first kappa shape index (κ1) is 18.0. The summed E-state index contributed by atoms with van der Waals surface area (Å²) < 4.78 is 38.0. The zero-order chi connectivity index (χ0) is 15.1. The van der Waals surface area contributed by atoms with Crippen LogP contribution in [-0.4, -0.2) is 54.3 Å². The highest BCUT2D eigenvalue weighted by Gasteiger charge is 2.42. The van der Waals surface area contributed by atoms with Gasteiger partial charge in [-0.1, -0.05) is 19.0 Å². The molecule has 0 amide bonds. The van der Waals surface area contributed by atoms with Gasteiger partial charge in [-0.15, -0.1) is 0 Å². The molecule has 5 nitrogen and oxygen atoms in total. The molecule has 19 heavy (non-hydrogen) atoms. The van der Waals surface area contributed by atoms with Crippen molar-refractivity contribution in [2.75, 3.05) is 26.2 Å².